The SMILES string of the molecule is CCc1ccc(C(=O)NCCc2ncc[nH]2)o1. The third-order valence-electron chi connectivity index (χ3n) is 2.44. The van der Waals surface area contributed by atoms with Crippen LogP contribution in [0.15, 0.2) is 28.9 Å². The van der Waals surface area contributed by atoms with E-state index in [1.165, 1.54) is 0 Å². The zero-order valence-corrected chi connectivity index (χ0v) is 9.69. The molecule has 0 aliphatic rings. The van der Waals surface area contributed by atoms with Gasteiger partial charge in [-0.2, -0.15) is 0 Å². The van der Waals surface area contributed by atoms with E-state index in [1.54, 1.807) is 18.5 Å². The smallest absolute Gasteiger partial charge is 0.287 e. The maximum atomic E-state index is 11.7. The molecule has 0 aliphatic heterocycles. The van der Waals surface area contributed by atoms with Crippen LogP contribution in [-0.2, 0) is 12.8 Å². The minimum atomic E-state index is -0.184. The zero-order valence-electron chi connectivity index (χ0n) is 9.69. The van der Waals surface area contributed by atoms with Gasteiger partial charge in [0.15, 0.2) is 5.76 Å². The Morgan fingerprint density at radius 1 is 1.53 bits per heavy atom. The molecule has 2 N–H and O–H groups in total. The largest absolute Gasteiger partial charge is 0.456 e. The molecule has 1 amide bonds. The van der Waals surface area contributed by atoms with Crippen LogP contribution in [0.4, 0.5) is 0 Å². The first-order valence-electron chi connectivity index (χ1n) is 5.64. The number of hydrogen-bond donors (Lipinski definition) is 2. The number of nitrogens with one attached hydrogen (secondary N) is 2. The zero-order chi connectivity index (χ0) is 12.1. The fraction of sp³-hybridized carbons (Fsp3) is 0.333. The van der Waals surface area contributed by atoms with Gasteiger partial charge in [0.1, 0.15) is 11.6 Å². The van der Waals surface area contributed by atoms with Crippen LogP contribution in [0.1, 0.15) is 29.1 Å². The Morgan fingerprint density at radius 3 is 3.06 bits per heavy atom. The lowest BCUT2D eigenvalue weighted by Crippen LogP contribution is -2.25. The number of imidazole rings is 1. The van der Waals surface area contributed by atoms with Crippen LogP contribution >= 0.6 is 0 Å². The summed E-state index contributed by atoms with van der Waals surface area (Å²) in [6, 6.07) is 3.52. The Morgan fingerprint density at radius 2 is 2.41 bits per heavy atom. The first-order valence-corrected chi connectivity index (χ1v) is 5.64. The van der Waals surface area contributed by atoms with Gasteiger partial charge in [0.25, 0.3) is 5.91 Å². The van der Waals surface area contributed by atoms with E-state index in [9.17, 15) is 4.79 Å². The molecule has 0 fully saturated rings. The summed E-state index contributed by atoms with van der Waals surface area (Å²) < 4.78 is 5.35. The van der Waals surface area contributed by atoms with Crippen molar-refractivity contribution in [2.75, 3.05) is 6.54 Å². The van der Waals surface area contributed by atoms with Crippen molar-refractivity contribution in [3.63, 3.8) is 0 Å². The molecule has 17 heavy (non-hydrogen) atoms. The number of amides is 1. The van der Waals surface area contributed by atoms with Crippen molar-refractivity contribution >= 4 is 5.91 Å². The maximum Gasteiger partial charge on any atom is 0.287 e. The maximum absolute atomic E-state index is 11.7. The van der Waals surface area contributed by atoms with Crippen LogP contribution in [-0.4, -0.2) is 22.4 Å². The molecular weight excluding hydrogens is 218 g/mol. The number of rotatable bonds is 5. The summed E-state index contributed by atoms with van der Waals surface area (Å²) in [5.74, 6) is 1.86. The minimum Gasteiger partial charge on any atom is -0.456 e. The van der Waals surface area contributed by atoms with E-state index in [0.29, 0.717) is 18.7 Å². The van der Waals surface area contributed by atoms with E-state index in [-0.39, 0.29) is 5.91 Å². The molecule has 90 valence electrons. The molecular formula is C12H15N3O2. The summed E-state index contributed by atoms with van der Waals surface area (Å²) in [5.41, 5.74) is 0. The van der Waals surface area contributed by atoms with Crippen molar-refractivity contribution in [1.82, 2.24) is 15.3 Å². The number of carbonyl (C=O) groups excluding carboxylic acids is 1. The first kappa shape index (κ1) is 11.4. The highest BCUT2D eigenvalue weighted by atomic mass is 16.3. The van der Waals surface area contributed by atoms with Crippen molar-refractivity contribution in [3.8, 4) is 0 Å². The number of furan rings is 1. The van der Waals surface area contributed by atoms with E-state index in [1.807, 2.05) is 13.0 Å². The Kier molecular flexibility index (Phi) is 3.59. The monoisotopic (exact) mass is 233 g/mol. The Bertz CT molecular complexity index is 474. The van der Waals surface area contributed by atoms with Gasteiger partial charge in [-0.1, -0.05) is 6.92 Å². The van der Waals surface area contributed by atoms with Crippen LogP contribution in [0, 0.1) is 0 Å². The van der Waals surface area contributed by atoms with Crippen LogP contribution in [0.3, 0.4) is 0 Å². The van der Waals surface area contributed by atoms with E-state index < -0.39 is 0 Å². The van der Waals surface area contributed by atoms with E-state index >= 15 is 0 Å². The van der Waals surface area contributed by atoms with Gasteiger partial charge in [0.2, 0.25) is 0 Å². The quantitative estimate of drug-likeness (QED) is 0.822. The summed E-state index contributed by atoms with van der Waals surface area (Å²) in [6.45, 7) is 2.52. The van der Waals surface area contributed by atoms with Crippen molar-refractivity contribution in [2.24, 2.45) is 0 Å². The van der Waals surface area contributed by atoms with Crippen LogP contribution < -0.4 is 5.32 Å². The van der Waals surface area contributed by atoms with E-state index in [0.717, 1.165) is 18.0 Å². The number of aromatic amines is 1. The number of H-pyrrole nitrogens is 1. The summed E-state index contributed by atoms with van der Waals surface area (Å²) in [6.07, 6.45) is 4.92. The number of aryl methyl sites for hydroxylation is 1. The molecule has 0 unspecified atom stereocenters. The summed E-state index contributed by atoms with van der Waals surface area (Å²) in [7, 11) is 0. The lowest BCUT2D eigenvalue weighted by atomic mass is 10.3. The van der Waals surface area contributed by atoms with Gasteiger partial charge in [-0.15, -0.1) is 0 Å². The molecule has 0 aromatic carbocycles. The second-order valence-corrected chi connectivity index (χ2v) is 3.66. The normalized spacial score (nSPS) is 10.4. The minimum absolute atomic E-state index is 0.184. The number of hydrogen-bond acceptors (Lipinski definition) is 3. The molecule has 2 aromatic heterocycles. The fourth-order valence-corrected chi connectivity index (χ4v) is 1.51. The second-order valence-electron chi connectivity index (χ2n) is 3.66. The second kappa shape index (κ2) is 5.34. The van der Waals surface area contributed by atoms with Crippen LogP contribution in [0.2, 0.25) is 0 Å². The topological polar surface area (TPSA) is 70.9 Å². The fourth-order valence-electron chi connectivity index (χ4n) is 1.51. The molecule has 5 heteroatoms. The molecule has 2 heterocycles. The Labute approximate surface area is 99.2 Å². The highest BCUT2D eigenvalue weighted by molar-refractivity contribution is 5.91. The molecule has 0 saturated carbocycles. The molecule has 5 nitrogen and oxygen atoms in total. The predicted molar refractivity (Wildman–Crippen MR) is 62.7 cm³/mol. The third-order valence-corrected chi connectivity index (χ3v) is 2.44. The molecule has 0 spiro atoms. The molecule has 0 radical (unpaired) electrons. The van der Waals surface area contributed by atoms with Crippen molar-refractivity contribution in [1.29, 1.82) is 0 Å². The molecule has 2 aromatic rings. The number of nitrogens with zero attached hydrogens (tertiary/aromatic N) is 1. The van der Waals surface area contributed by atoms with E-state index in [4.69, 9.17) is 4.42 Å². The van der Waals surface area contributed by atoms with Gasteiger partial charge in [-0.05, 0) is 12.1 Å². The molecule has 0 bridgehead atoms. The predicted octanol–water partition coefficient (Wildman–Crippen LogP) is 1.54. The summed E-state index contributed by atoms with van der Waals surface area (Å²) in [5, 5.41) is 2.78. The number of carbonyl (C=O) groups is 1. The standard InChI is InChI=1S/C12H15N3O2/c1-2-9-3-4-10(17-9)12(16)15-6-5-11-13-7-8-14-11/h3-4,7-8H,2,5-6H2,1H3,(H,13,14)(H,15,16). The lowest BCUT2D eigenvalue weighted by molar-refractivity contribution is 0.0924. The van der Waals surface area contributed by atoms with Crippen molar-refractivity contribution in [2.45, 2.75) is 19.8 Å². The van der Waals surface area contributed by atoms with Gasteiger partial charge in [0.05, 0.1) is 0 Å². The lowest BCUT2D eigenvalue weighted by Gasteiger charge is -2.01. The van der Waals surface area contributed by atoms with Crippen LogP contribution in [0.25, 0.3) is 0 Å². The summed E-state index contributed by atoms with van der Waals surface area (Å²) >= 11 is 0. The average molecular weight is 233 g/mol. The Hall–Kier alpha value is -2.04. The van der Waals surface area contributed by atoms with E-state index in [2.05, 4.69) is 15.3 Å². The van der Waals surface area contributed by atoms with Crippen LogP contribution in [0.5, 0.6) is 0 Å². The molecule has 0 aliphatic carbocycles. The molecule has 0 atom stereocenters. The third kappa shape index (κ3) is 2.96. The van der Waals surface area contributed by atoms with Gasteiger partial charge >= 0.3 is 0 Å². The van der Waals surface area contributed by atoms with Gasteiger partial charge in [-0.3, -0.25) is 4.79 Å². The summed E-state index contributed by atoms with van der Waals surface area (Å²) in [4.78, 5) is 18.7. The van der Waals surface area contributed by atoms with Crippen molar-refractivity contribution in [3.05, 3.63) is 41.9 Å². The van der Waals surface area contributed by atoms with Gasteiger partial charge in [-0.25, -0.2) is 4.98 Å². The highest BCUT2D eigenvalue weighted by Crippen LogP contribution is 2.07. The Balaban J connectivity index is 1.81. The first-order chi connectivity index (χ1) is 8.29. The highest BCUT2D eigenvalue weighted by Gasteiger charge is 2.09. The molecule has 2 rings (SSSR count). The van der Waals surface area contributed by atoms with Crippen molar-refractivity contribution < 1.29 is 9.21 Å². The van der Waals surface area contributed by atoms with Gasteiger partial charge in [0, 0.05) is 31.8 Å². The van der Waals surface area contributed by atoms with Gasteiger partial charge < -0.3 is 14.7 Å². The number of aromatic nitrogens is 2. The molecule has 0 saturated heterocycles. The average Bonchev–Trinajstić information content (AvgIpc) is 2.99.